The van der Waals surface area contributed by atoms with Gasteiger partial charge in [-0.2, -0.15) is 0 Å². The van der Waals surface area contributed by atoms with Gasteiger partial charge in [0.2, 0.25) is 0 Å². The van der Waals surface area contributed by atoms with Crippen LogP contribution in [0.5, 0.6) is 0 Å². The lowest BCUT2D eigenvalue weighted by Gasteiger charge is -2.22. The summed E-state index contributed by atoms with van der Waals surface area (Å²) < 4.78 is 25.8. The second-order valence-corrected chi connectivity index (χ2v) is 4.99. The van der Waals surface area contributed by atoms with Crippen LogP contribution in [-0.2, 0) is 0 Å². The third-order valence-electron chi connectivity index (χ3n) is 3.48. The highest BCUT2D eigenvalue weighted by Gasteiger charge is 2.42. The molecule has 1 saturated carbocycles. The molecule has 0 aliphatic heterocycles. The number of benzene rings is 1. The molecule has 5 heteroatoms. The van der Waals surface area contributed by atoms with Gasteiger partial charge in [0.25, 0.3) is 5.91 Å². The van der Waals surface area contributed by atoms with Crippen LogP contribution in [0.1, 0.15) is 23.2 Å². The Morgan fingerprint density at radius 3 is 2.56 bits per heavy atom. The smallest absolute Gasteiger partial charge is 0.253 e. The highest BCUT2D eigenvalue weighted by atomic mass is 19.2. The molecular weight excluding hydrogens is 238 g/mol. The molecule has 0 spiro atoms. The zero-order valence-electron chi connectivity index (χ0n) is 10.2. The molecule has 0 atom stereocenters. The number of amides is 1. The Labute approximate surface area is 105 Å². The third kappa shape index (κ3) is 2.51. The fourth-order valence-electron chi connectivity index (χ4n) is 2.03. The van der Waals surface area contributed by atoms with Gasteiger partial charge in [0.1, 0.15) is 0 Å². The van der Waals surface area contributed by atoms with Crippen LogP contribution in [0.25, 0.3) is 0 Å². The first-order chi connectivity index (χ1) is 8.47. The summed E-state index contributed by atoms with van der Waals surface area (Å²) in [6, 6.07) is 3.18. The molecule has 0 aromatic heterocycles. The van der Waals surface area contributed by atoms with E-state index in [1.807, 2.05) is 0 Å². The van der Waals surface area contributed by atoms with Crippen molar-refractivity contribution in [3.05, 3.63) is 35.4 Å². The number of hydrogen-bond donors (Lipinski definition) is 1. The van der Waals surface area contributed by atoms with Crippen molar-refractivity contribution in [2.24, 2.45) is 11.1 Å². The second-order valence-electron chi connectivity index (χ2n) is 4.99. The van der Waals surface area contributed by atoms with Gasteiger partial charge in [-0.3, -0.25) is 4.79 Å². The van der Waals surface area contributed by atoms with Crippen LogP contribution in [0, 0.1) is 17.0 Å². The third-order valence-corrected chi connectivity index (χ3v) is 3.48. The zero-order chi connectivity index (χ0) is 13.3. The van der Waals surface area contributed by atoms with Crippen LogP contribution in [-0.4, -0.2) is 30.9 Å². The molecule has 0 unspecified atom stereocenters. The topological polar surface area (TPSA) is 46.3 Å². The lowest BCUT2D eigenvalue weighted by Crippen LogP contribution is -2.35. The zero-order valence-corrected chi connectivity index (χ0v) is 10.2. The fraction of sp³-hybridized carbons (Fsp3) is 0.462. The standard InChI is InChI=1S/C13H16F2N2O/c1-17(8-13(7-16)4-5-13)12(18)9-2-3-10(14)11(15)6-9/h2-3,6H,4-5,7-8,16H2,1H3. The van der Waals surface area contributed by atoms with Gasteiger partial charge in [0, 0.05) is 24.6 Å². The van der Waals surface area contributed by atoms with Gasteiger partial charge in [-0.25, -0.2) is 8.78 Å². The minimum absolute atomic E-state index is 0.0307. The summed E-state index contributed by atoms with van der Waals surface area (Å²) in [5, 5.41) is 0. The van der Waals surface area contributed by atoms with E-state index in [1.54, 1.807) is 7.05 Å². The molecule has 1 aliphatic carbocycles. The molecule has 1 fully saturated rings. The number of rotatable bonds is 4. The molecule has 0 bridgehead atoms. The second kappa shape index (κ2) is 4.65. The van der Waals surface area contributed by atoms with Gasteiger partial charge in [0.05, 0.1) is 0 Å². The molecule has 1 aliphatic rings. The van der Waals surface area contributed by atoms with Crippen molar-refractivity contribution in [3.8, 4) is 0 Å². The Hall–Kier alpha value is -1.49. The van der Waals surface area contributed by atoms with Gasteiger partial charge >= 0.3 is 0 Å². The molecule has 0 saturated heterocycles. The number of hydrogen-bond acceptors (Lipinski definition) is 2. The lowest BCUT2D eigenvalue weighted by atomic mass is 10.1. The average molecular weight is 254 g/mol. The van der Waals surface area contributed by atoms with E-state index >= 15 is 0 Å². The van der Waals surface area contributed by atoms with Crippen LogP contribution in [0.15, 0.2) is 18.2 Å². The van der Waals surface area contributed by atoms with E-state index in [-0.39, 0.29) is 16.9 Å². The van der Waals surface area contributed by atoms with Crippen LogP contribution >= 0.6 is 0 Å². The van der Waals surface area contributed by atoms with Crippen molar-refractivity contribution in [2.75, 3.05) is 20.1 Å². The van der Waals surface area contributed by atoms with Crippen LogP contribution in [0.4, 0.5) is 8.78 Å². The van der Waals surface area contributed by atoms with E-state index in [0.717, 1.165) is 25.0 Å². The van der Waals surface area contributed by atoms with E-state index in [9.17, 15) is 13.6 Å². The molecule has 0 radical (unpaired) electrons. The van der Waals surface area contributed by atoms with E-state index < -0.39 is 11.6 Å². The predicted octanol–water partition coefficient (Wildman–Crippen LogP) is 1.78. The molecule has 2 rings (SSSR count). The summed E-state index contributed by atoms with van der Waals surface area (Å²) in [7, 11) is 1.65. The Morgan fingerprint density at radius 1 is 1.39 bits per heavy atom. The van der Waals surface area contributed by atoms with Crippen molar-refractivity contribution >= 4 is 5.91 Å². The number of carbonyl (C=O) groups excluding carboxylic acids is 1. The summed E-state index contributed by atoms with van der Waals surface area (Å²) in [6.07, 6.45) is 2.03. The van der Waals surface area contributed by atoms with E-state index in [2.05, 4.69) is 0 Å². The summed E-state index contributed by atoms with van der Waals surface area (Å²) in [4.78, 5) is 13.5. The molecule has 1 aromatic rings. The largest absolute Gasteiger partial charge is 0.341 e. The van der Waals surface area contributed by atoms with Gasteiger partial charge in [-0.1, -0.05) is 0 Å². The first kappa shape index (κ1) is 13.0. The first-order valence-corrected chi connectivity index (χ1v) is 5.88. The highest BCUT2D eigenvalue weighted by Crippen LogP contribution is 2.45. The number of nitrogens with two attached hydrogens (primary N) is 1. The molecule has 1 amide bonds. The minimum atomic E-state index is -1.01. The maximum atomic E-state index is 13.1. The van der Waals surface area contributed by atoms with Crippen molar-refractivity contribution < 1.29 is 13.6 Å². The van der Waals surface area contributed by atoms with Crippen LogP contribution < -0.4 is 5.73 Å². The Morgan fingerprint density at radius 2 is 2.06 bits per heavy atom. The number of nitrogens with zero attached hydrogens (tertiary/aromatic N) is 1. The molecular formula is C13H16F2N2O. The van der Waals surface area contributed by atoms with E-state index in [0.29, 0.717) is 13.1 Å². The lowest BCUT2D eigenvalue weighted by molar-refractivity contribution is 0.0766. The van der Waals surface area contributed by atoms with Gasteiger partial charge in [0.15, 0.2) is 11.6 Å². The maximum Gasteiger partial charge on any atom is 0.253 e. The molecule has 3 nitrogen and oxygen atoms in total. The quantitative estimate of drug-likeness (QED) is 0.890. The number of carbonyl (C=O) groups is 1. The Balaban J connectivity index is 2.08. The van der Waals surface area contributed by atoms with E-state index in [4.69, 9.17) is 5.73 Å². The normalized spacial score (nSPS) is 16.4. The fourth-order valence-corrected chi connectivity index (χ4v) is 2.03. The van der Waals surface area contributed by atoms with Crippen molar-refractivity contribution in [1.82, 2.24) is 4.90 Å². The summed E-state index contributed by atoms with van der Waals surface area (Å²) in [6.45, 7) is 1.10. The monoisotopic (exact) mass is 254 g/mol. The molecule has 98 valence electrons. The average Bonchev–Trinajstić information content (AvgIpc) is 3.12. The van der Waals surface area contributed by atoms with E-state index in [1.165, 1.54) is 11.0 Å². The van der Waals surface area contributed by atoms with Gasteiger partial charge in [-0.15, -0.1) is 0 Å². The minimum Gasteiger partial charge on any atom is -0.341 e. The van der Waals surface area contributed by atoms with Crippen molar-refractivity contribution in [2.45, 2.75) is 12.8 Å². The summed E-state index contributed by atoms with van der Waals surface area (Å²) in [5.74, 6) is -2.27. The Kier molecular flexibility index (Phi) is 3.34. The highest BCUT2D eigenvalue weighted by molar-refractivity contribution is 5.94. The SMILES string of the molecule is CN(CC1(CN)CC1)C(=O)c1ccc(F)c(F)c1. The molecule has 18 heavy (non-hydrogen) atoms. The predicted molar refractivity (Wildman–Crippen MR) is 64.0 cm³/mol. The maximum absolute atomic E-state index is 13.1. The summed E-state index contributed by atoms with van der Waals surface area (Å²) >= 11 is 0. The van der Waals surface area contributed by atoms with Crippen LogP contribution in [0.2, 0.25) is 0 Å². The first-order valence-electron chi connectivity index (χ1n) is 5.88. The van der Waals surface area contributed by atoms with Gasteiger partial charge in [-0.05, 0) is 37.6 Å². The molecule has 0 heterocycles. The number of halogens is 2. The summed E-state index contributed by atoms with van der Waals surface area (Å²) in [5.41, 5.74) is 5.84. The van der Waals surface area contributed by atoms with Crippen molar-refractivity contribution in [1.29, 1.82) is 0 Å². The van der Waals surface area contributed by atoms with Crippen LogP contribution in [0.3, 0.4) is 0 Å². The Bertz CT molecular complexity index is 472. The van der Waals surface area contributed by atoms with Gasteiger partial charge < -0.3 is 10.6 Å². The molecule has 1 aromatic carbocycles. The van der Waals surface area contributed by atoms with Crippen molar-refractivity contribution in [3.63, 3.8) is 0 Å². The molecule has 2 N–H and O–H groups in total.